The summed E-state index contributed by atoms with van der Waals surface area (Å²) in [5.41, 5.74) is 1.11. The zero-order chi connectivity index (χ0) is 21.7. The largest absolute Gasteiger partial charge is 0.481 e. The minimum Gasteiger partial charge on any atom is -0.481 e. The van der Waals surface area contributed by atoms with Gasteiger partial charge in [-0.1, -0.05) is 36.4 Å². The second-order valence-electron chi connectivity index (χ2n) is 7.26. The molecule has 2 aliphatic heterocycles. The van der Waals surface area contributed by atoms with E-state index in [1.54, 1.807) is 11.4 Å². The van der Waals surface area contributed by atoms with Crippen LogP contribution >= 0.6 is 11.3 Å². The molecule has 30 heavy (non-hydrogen) atoms. The van der Waals surface area contributed by atoms with Gasteiger partial charge in [0.2, 0.25) is 5.91 Å². The number of amides is 1. The van der Waals surface area contributed by atoms with Crippen molar-refractivity contribution in [2.45, 2.75) is 17.2 Å². The Hall–Kier alpha value is -2.27. The highest BCUT2D eigenvalue weighted by Gasteiger charge is 2.46. The van der Waals surface area contributed by atoms with Crippen LogP contribution < -0.4 is 10.0 Å². The average molecular weight is 452 g/mol. The number of likely N-dealkylation sites (tertiary alicyclic amines) is 1. The number of nitrogens with one attached hydrogen (secondary N) is 2. The highest BCUT2D eigenvalue weighted by Crippen LogP contribution is 2.42. The smallest absolute Gasteiger partial charge is 0.300 e. The lowest BCUT2D eigenvalue weighted by atomic mass is 9.89. The molecule has 0 unspecified atom stereocenters. The van der Waals surface area contributed by atoms with Crippen molar-refractivity contribution in [1.29, 1.82) is 0 Å². The summed E-state index contributed by atoms with van der Waals surface area (Å²) in [6, 6.07) is 13.2. The van der Waals surface area contributed by atoms with Crippen molar-refractivity contribution in [2.75, 3.05) is 26.2 Å². The average Bonchev–Trinajstić information content (AvgIpc) is 3.43. The number of carbonyl (C=O) groups excluding carboxylic acids is 1. The number of thiophene rings is 1. The first-order valence-electron chi connectivity index (χ1n) is 9.57. The molecule has 1 aromatic heterocycles. The van der Waals surface area contributed by atoms with Gasteiger partial charge in [0, 0.05) is 32.5 Å². The maximum absolute atomic E-state index is 12.9. The maximum Gasteiger partial charge on any atom is 0.300 e. The van der Waals surface area contributed by atoms with Gasteiger partial charge in [-0.15, -0.1) is 11.3 Å². The van der Waals surface area contributed by atoms with Crippen molar-refractivity contribution in [2.24, 2.45) is 11.8 Å². The molecule has 0 saturated carbocycles. The predicted molar refractivity (Wildman–Crippen MR) is 114 cm³/mol. The van der Waals surface area contributed by atoms with Crippen molar-refractivity contribution in [3.63, 3.8) is 0 Å². The first kappa shape index (κ1) is 22.4. The van der Waals surface area contributed by atoms with Gasteiger partial charge in [-0.3, -0.25) is 9.59 Å². The lowest BCUT2D eigenvalue weighted by Crippen LogP contribution is -2.41. The van der Waals surface area contributed by atoms with E-state index in [0.29, 0.717) is 18.4 Å². The van der Waals surface area contributed by atoms with Crippen LogP contribution in [0.2, 0.25) is 0 Å². The fourth-order valence-electron chi connectivity index (χ4n) is 4.00. The third-order valence-corrected chi connectivity index (χ3v) is 8.00. The number of carboxylic acids is 1. The van der Waals surface area contributed by atoms with Gasteiger partial charge in [-0.25, -0.2) is 13.1 Å². The van der Waals surface area contributed by atoms with Crippen molar-refractivity contribution >= 4 is 33.2 Å². The number of carbonyl (C=O) groups is 2. The fourth-order valence-corrected chi connectivity index (χ4v) is 6.01. The number of rotatable bonds is 5. The summed E-state index contributed by atoms with van der Waals surface area (Å²) in [4.78, 5) is 23.7. The molecule has 0 spiro atoms. The Morgan fingerprint density at radius 3 is 2.53 bits per heavy atom. The number of hydrogen-bond donors (Lipinski definition) is 3. The van der Waals surface area contributed by atoms with E-state index in [4.69, 9.17) is 9.90 Å². The molecule has 10 heteroatoms. The van der Waals surface area contributed by atoms with Crippen LogP contribution in [0.25, 0.3) is 0 Å². The third kappa shape index (κ3) is 5.25. The molecule has 0 radical (unpaired) electrons. The SMILES string of the molecule is CC(=O)O.O=C(CNS(=O)(=O)c1cccs1)N1C[C@@H]2CNC[C@@H]2[C@@H]1c1ccccc1. The highest BCUT2D eigenvalue weighted by molar-refractivity contribution is 7.91. The molecule has 1 aromatic carbocycles. The molecule has 2 fully saturated rings. The summed E-state index contributed by atoms with van der Waals surface area (Å²) in [7, 11) is -3.63. The second-order valence-corrected chi connectivity index (χ2v) is 10.2. The second kappa shape index (κ2) is 9.69. The molecular formula is C20H25N3O5S2. The van der Waals surface area contributed by atoms with Crippen LogP contribution in [0.5, 0.6) is 0 Å². The topological polar surface area (TPSA) is 116 Å². The van der Waals surface area contributed by atoms with Crippen LogP contribution in [-0.4, -0.2) is 56.5 Å². The van der Waals surface area contributed by atoms with Crippen LogP contribution in [0.15, 0.2) is 52.1 Å². The molecule has 2 aromatic rings. The zero-order valence-electron chi connectivity index (χ0n) is 16.5. The summed E-state index contributed by atoms with van der Waals surface area (Å²) in [6.45, 7) is 3.32. The van der Waals surface area contributed by atoms with Gasteiger partial charge in [0.15, 0.2) is 0 Å². The van der Waals surface area contributed by atoms with E-state index in [2.05, 4.69) is 10.0 Å². The Morgan fingerprint density at radius 2 is 1.90 bits per heavy atom. The molecule has 2 aliphatic rings. The Kier molecular flexibility index (Phi) is 7.24. The Morgan fingerprint density at radius 1 is 1.20 bits per heavy atom. The molecule has 4 rings (SSSR count). The van der Waals surface area contributed by atoms with Gasteiger partial charge >= 0.3 is 0 Å². The molecule has 2 saturated heterocycles. The highest BCUT2D eigenvalue weighted by atomic mass is 32.2. The molecule has 3 N–H and O–H groups in total. The van der Waals surface area contributed by atoms with Crippen molar-refractivity contribution in [1.82, 2.24) is 14.9 Å². The summed E-state index contributed by atoms with van der Waals surface area (Å²) >= 11 is 1.14. The van der Waals surface area contributed by atoms with Crippen LogP contribution in [0.4, 0.5) is 0 Å². The third-order valence-electron chi connectivity index (χ3n) is 5.20. The normalized spacial score (nSPS) is 22.8. The van der Waals surface area contributed by atoms with Crippen molar-refractivity contribution < 1.29 is 23.1 Å². The monoisotopic (exact) mass is 451 g/mol. The molecule has 8 nitrogen and oxygen atoms in total. The van der Waals surface area contributed by atoms with Crippen LogP contribution in [0.3, 0.4) is 0 Å². The van der Waals surface area contributed by atoms with E-state index < -0.39 is 16.0 Å². The van der Waals surface area contributed by atoms with Crippen molar-refractivity contribution in [3.05, 3.63) is 53.4 Å². The Balaban J connectivity index is 0.000000589. The molecule has 0 bridgehead atoms. The molecule has 3 atom stereocenters. The van der Waals surface area contributed by atoms with E-state index in [9.17, 15) is 13.2 Å². The van der Waals surface area contributed by atoms with Gasteiger partial charge in [-0.05, 0) is 22.9 Å². The summed E-state index contributed by atoms with van der Waals surface area (Å²) < 4.78 is 27.2. The van der Waals surface area contributed by atoms with Gasteiger partial charge in [0.05, 0.1) is 12.6 Å². The van der Waals surface area contributed by atoms with E-state index in [1.807, 2.05) is 35.2 Å². The molecular weight excluding hydrogens is 426 g/mol. The predicted octanol–water partition coefficient (Wildman–Crippen LogP) is 1.54. The molecule has 0 aliphatic carbocycles. The number of hydrogen-bond acceptors (Lipinski definition) is 6. The molecule has 1 amide bonds. The van der Waals surface area contributed by atoms with Gasteiger partial charge < -0.3 is 15.3 Å². The first-order valence-corrected chi connectivity index (χ1v) is 11.9. The van der Waals surface area contributed by atoms with Gasteiger partial charge in [-0.2, -0.15) is 0 Å². The quantitative estimate of drug-likeness (QED) is 0.635. The lowest BCUT2D eigenvalue weighted by molar-refractivity contribution is -0.134. The van der Waals surface area contributed by atoms with Crippen LogP contribution in [0, 0.1) is 11.8 Å². The Labute approximate surface area is 180 Å². The van der Waals surface area contributed by atoms with E-state index in [-0.39, 0.29) is 22.7 Å². The number of sulfonamides is 1. The number of fused-ring (bicyclic) bond motifs is 1. The van der Waals surface area contributed by atoms with Gasteiger partial charge in [0.1, 0.15) is 4.21 Å². The minimum absolute atomic E-state index is 0.00468. The molecule has 162 valence electrons. The van der Waals surface area contributed by atoms with E-state index in [0.717, 1.165) is 36.9 Å². The minimum atomic E-state index is -3.63. The number of aliphatic carboxylic acids is 1. The molecule has 3 heterocycles. The first-order chi connectivity index (χ1) is 14.3. The summed E-state index contributed by atoms with van der Waals surface area (Å²) in [5.74, 6) is -0.221. The zero-order valence-corrected chi connectivity index (χ0v) is 18.2. The number of carboxylic acid groups (broad SMARTS) is 1. The summed E-state index contributed by atoms with van der Waals surface area (Å²) in [6.07, 6.45) is 0. The fraction of sp³-hybridized carbons (Fsp3) is 0.400. The van der Waals surface area contributed by atoms with Crippen LogP contribution in [0.1, 0.15) is 18.5 Å². The number of nitrogens with zero attached hydrogens (tertiary/aromatic N) is 1. The van der Waals surface area contributed by atoms with Crippen LogP contribution in [-0.2, 0) is 19.6 Å². The maximum atomic E-state index is 12.9. The van der Waals surface area contributed by atoms with Crippen molar-refractivity contribution in [3.8, 4) is 0 Å². The summed E-state index contributed by atoms with van der Waals surface area (Å²) in [5, 5.41) is 12.5. The number of benzene rings is 1. The van der Waals surface area contributed by atoms with E-state index >= 15 is 0 Å². The standard InChI is InChI=1S/C18H21N3O3S2.C2H4O2/c22-16(11-20-26(23,24)17-7-4-8-25-17)21-12-14-9-19-10-15(14)18(21)13-5-2-1-3-6-13;1-2(3)4/h1-8,14-15,18-20H,9-12H2;1H3,(H,3,4)/t14-,15-,18-;/m0./s1. The van der Waals surface area contributed by atoms with Gasteiger partial charge in [0.25, 0.3) is 16.0 Å². The Bertz CT molecular complexity index is 960. The van der Waals surface area contributed by atoms with E-state index in [1.165, 1.54) is 6.07 Å². The lowest BCUT2D eigenvalue weighted by Gasteiger charge is -2.28.